The Kier molecular flexibility index (Phi) is 3.10. The van der Waals surface area contributed by atoms with Crippen LogP contribution in [0.3, 0.4) is 0 Å². The highest BCUT2D eigenvalue weighted by atomic mass is 14.7. The SMILES string of the molecule is CC.c1cnc2ccc3ncccc3c2c1. The van der Waals surface area contributed by atoms with Crippen LogP contribution in [-0.2, 0) is 0 Å². The summed E-state index contributed by atoms with van der Waals surface area (Å²) in [5.41, 5.74) is 2.04. The van der Waals surface area contributed by atoms with Crippen LogP contribution in [0.2, 0.25) is 0 Å². The van der Waals surface area contributed by atoms with E-state index < -0.39 is 0 Å². The molecule has 2 heteroatoms. The molecular weight excluding hydrogens is 196 g/mol. The molecule has 0 fully saturated rings. The van der Waals surface area contributed by atoms with Crippen molar-refractivity contribution in [2.45, 2.75) is 13.8 Å². The highest BCUT2D eigenvalue weighted by Crippen LogP contribution is 2.21. The maximum Gasteiger partial charge on any atom is 0.0709 e. The number of hydrogen-bond acceptors (Lipinski definition) is 2. The van der Waals surface area contributed by atoms with E-state index in [9.17, 15) is 0 Å². The van der Waals surface area contributed by atoms with Crippen molar-refractivity contribution >= 4 is 21.8 Å². The lowest BCUT2D eigenvalue weighted by Gasteiger charge is -2.00. The molecular formula is C14H14N2. The maximum absolute atomic E-state index is 4.30. The average Bonchev–Trinajstić information content (AvgIpc) is 2.41. The van der Waals surface area contributed by atoms with Gasteiger partial charge in [-0.1, -0.05) is 26.0 Å². The second kappa shape index (κ2) is 4.71. The van der Waals surface area contributed by atoms with Gasteiger partial charge in [0.15, 0.2) is 0 Å². The molecule has 0 spiro atoms. The van der Waals surface area contributed by atoms with Crippen molar-refractivity contribution in [3.63, 3.8) is 0 Å². The largest absolute Gasteiger partial charge is 0.256 e. The maximum atomic E-state index is 4.30. The van der Waals surface area contributed by atoms with Gasteiger partial charge >= 0.3 is 0 Å². The van der Waals surface area contributed by atoms with Crippen LogP contribution in [-0.4, -0.2) is 9.97 Å². The molecule has 0 radical (unpaired) electrons. The van der Waals surface area contributed by atoms with E-state index in [2.05, 4.69) is 22.1 Å². The second-order valence-electron chi connectivity index (χ2n) is 3.21. The van der Waals surface area contributed by atoms with Crippen LogP contribution in [0.25, 0.3) is 21.8 Å². The monoisotopic (exact) mass is 210 g/mol. The molecule has 2 nitrogen and oxygen atoms in total. The molecule has 0 bridgehead atoms. The van der Waals surface area contributed by atoms with Gasteiger partial charge in [0, 0.05) is 23.2 Å². The van der Waals surface area contributed by atoms with Gasteiger partial charge in [0.05, 0.1) is 11.0 Å². The van der Waals surface area contributed by atoms with Gasteiger partial charge in [-0.2, -0.15) is 0 Å². The van der Waals surface area contributed by atoms with Gasteiger partial charge in [-0.05, 0) is 24.3 Å². The minimum Gasteiger partial charge on any atom is -0.256 e. The Morgan fingerprint density at radius 2 is 1.12 bits per heavy atom. The second-order valence-corrected chi connectivity index (χ2v) is 3.21. The average molecular weight is 210 g/mol. The summed E-state index contributed by atoms with van der Waals surface area (Å²) < 4.78 is 0. The summed E-state index contributed by atoms with van der Waals surface area (Å²) in [5.74, 6) is 0. The first-order valence-corrected chi connectivity index (χ1v) is 5.53. The van der Waals surface area contributed by atoms with Crippen LogP contribution in [0.1, 0.15) is 13.8 Å². The molecule has 0 aliphatic rings. The third-order valence-electron chi connectivity index (χ3n) is 2.37. The van der Waals surface area contributed by atoms with E-state index in [-0.39, 0.29) is 0 Å². The highest BCUT2D eigenvalue weighted by molar-refractivity contribution is 6.04. The van der Waals surface area contributed by atoms with Gasteiger partial charge in [-0.15, -0.1) is 0 Å². The molecule has 0 atom stereocenters. The molecule has 0 aliphatic heterocycles. The predicted molar refractivity (Wildman–Crippen MR) is 68.4 cm³/mol. The number of aromatic nitrogens is 2. The molecule has 3 rings (SSSR count). The number of fused-ring (bicyclic) bond motifs is 3. The summed E-state index contributed by atoms with van der Waals surface area (Å²) in [6.07, 6.45) is 3.62. The normalized spacial score (nSPS) is 9.88. The Bertz CT molecular complexity index is 548. The molecule has 0 aliphatic carbocycles. The first-order chi connectivity index (χ1) is 7.95. The molecule has 1 aromatic carbocycles. The van der Waals surface area contributed by atoms with Gasteiger partial charge < -0.3 is 0 Å². The smallest absolute Gasteiger partial charge is 0.0709 e. The van der Waals surface area contributed by atoms with Crippen molar-refractivity contribution in [1.82, 2.24) is 9.97 Å². The minimum atomic E-state index is 1.02. The molecule has 0 N–H and O–H groups in total. The van der Waals surface area contributed by atoms with Crippen molar-refractivity contribution in [3.05, 3.63) is 48.8 Å². The van der Waals surface area contributed by atoms with Gasteiger partial charge in [0.1, 0.15) is 0 Å². The van der Waals surface area contributed by atoms with Crippen LogP contribution in [0.15, 0.2) is 48.8 Å². The zero-order valence-corrected chi connectivity index (χ0v) is 9.51. The van der Waals surface area contributed by atoms with E-state index in [1.54, 1.807) is 0 Å². The molecule has 3 aromatic rings. The van der Waals surface area contributed by atoms with E-state index in [0.29, 0.717) is 0 Å². The lowest BCUT2D eigenvalue weighted by Crippen LogP contribution is -1.81. The number of benzene rings is 1. The quantitative estimate of drug-likeness (QED) is 0.527. The molecule has 2 aromatic heterocycles. The van der Waals surface area contributed by atoms with Crippen molar-refractivity contribution < 1.29 is 0 Å². The van der Waals surface area contributed by atoms with Crippen LogP contribution in [0.5, 0.6) is 0 Å². The van der Waals surface area contributed by atoms with Crippen molar-refractivity contribution in [3.8, 4) is 0 Å². The zero-order valence-electron chi connectivity index (χ0n) is 9.51. The summed E-state index contributed by atoms with van der Waals surface area (Å²) in [6.45, 7) is 4.00. The van der Waals surface area contributed by atoms with Crippen molar-refractivity contribution in [2.75, 3.05) is 0 Å². The molecule has 0 saturated carbocycles. The summed E-state index contributed by atoms with van der Waals surface area (Å²) in [4.78, 5) is 8.61. The lowest BCUT2D eigenvalue weighted by atomic mass is 10.1. The summed E-state index contributed by atoms with van der Waals surface area (Å²) in [5, 5.41) is 2.33. The van der Waals surface area contributed by atoms with Crippen LogP contribution < -0.4 is 0 Å². The van der Waals surface area contributed by atoms with E-state index in [4.69, 9.17) is 0 Å². The van der Waals surface area contributed by atoms with Crippen molar-refractivity contribution in [2.24, 2.45) is 0 Å². The summed E-state index contributed by atoms with van der Waals surface area (Å²) >= 11 is 0. The first-order valence-electron chi connectivity index (χ1n) is 5.53. The molecule has 80 valence electrons. The van der Waals surface area contributed by atoms with E-state index in [1.807, 2.05) is 50.5 Å². The third-order valence-corrected chi connectivity index (χ3v) is 2.37. The lowest BCUT2D eigenvalue weighted by molar-refractivity contribution is 1.39. The Labute approximate surface area is 95.0 Å². The Balaban J connectivity index is 0.000000457. The Morgan fingerprint density at radius 3 is 1.56 bits per heavy atom. The number of rotatable bonds is 0. The fourth-order valence-corrected chi connectivity index (χ4v) is 1.71. The summed E-state index contributed by atoms with van der Waals surface area (Å²) in [7, 11) is 0. The fourth-order valence-electron chi connectivity index (χ4n) is 1.71. The Hall–Kier alpha value is -1.96. The fraction of sp³-hybridized carbons (Fsp3) is 0.143. The number of pyridine rings is 2. The predicted octanol–water partition coefficient (Wildman–Crippen LogP) is 3.81. The van der Waals surface area contributed by atoms with Crippen LogP contribution >= 0.6 is 0 Å². The van der Waals surface area contributed by atoms with E-state index in [1.165, 1.54) is 0 Å². The molecule has 0 amide bonds. The highest BCUT2D eigenvalue weighted by Gasteiger charge is 1.99. The number of hydrogen-bond donors (Lipinski definition) is 0. The van der Waals surface area contributed by atoms with Gasteiger partial charge in [0.25, 0.3) is 0 Å². The standard InChI is InChI=1S/C12H8N2.C2H6/c1-3-9-10-4-2-8-14-12(10)6-5-11(9)13-7-1;1-2/h1-8H;1-2H3. The first kappa shape index (κ1) is 10.6. The van der Waals surface area contributed by atoms with Gasteiger partial charge in [-0.25, -0.2) is 0 Å². The zero-order chi connectivity index (χ0) is 11.4. The Morgan fingerprint density at radius 1 is 0.688 bits per heavy atom. The van der Waals surface area contributed by atoms with Gasteiger partial charge in [0.2, 0.25) is 0 Å². The number of nitrogens with zero attached hydrogens (tertiary/aromatic N) is 2. The van der Waals surface area contributed by atoms with Crippen LogP contribution in [0.4, 0.5) is 0 Å². The third kappa shape index (κ3) is 1.74. The molecule has 16 heavy (non-hydrogen) atoms. The molecule has 0 saturated heterocycles. The topological polar surface area (TPSA) is 25.8 Å². The summed E-state index contributed by atoms with van der Waals surface area (Å²) in [6, 6.07) is 12.1. The van der Waals surface area contributed by atoms with Gasteiger partial charge in [-0.3, -0.25) is 9.97 Å². The molecule has 0 unspecified atom stereocenters. The van der Waals surface area contributed by atoms with Crippen molar-refractivity contribution in [1.29, 1.82) is 0 Å². The van der Waals surface area contributed by atoms with Crippen LogP contribution in [0, 0.1) is 0 Å². The van der Waals surface area contributed by atoms with E-state index >= 15 is 0 Å². The molecule has 2 heterocycles. The van der Waals surface area contributed by atoms with E-state index in [0.717, 1.165) is 21.8 Å². The minimum absolute atomic E-state index is 1.02.